The summed E-state index contributed by atoms with van der Waals surface area (Å²) in [4.78, 5) is 12.3. The van der Waals surface area contributed by atoms with Gasteiger partial charge in [-0.25, -0.2) is 4.39 Å². The second-order valence-electron chi connectivity index (χ2n) is 5.41. The average molecular weight is 296 g/mol. The fourth-order valence-corrected chi connectivity index (χ4v) is 2.84. The summed E-state index contributed by atoms with van der Waals surface area (Å²) in [5, 5.41) is 0. The quantitative estimate of drug-likeness (QED) is 0.778. The van der Waals surface area contributed by atoms with Crippen molar-refractivity contribution in [2.24, 2.45) is 5.92 Å². The van der Waals surface area contributed by atoms with Crippen molar-refractivity contribution in [2.45, 2.75) is 19.3 Å². The normalized spacial score (nSPS) is 21.2. The molecular formula is C19H17FO2. The Labute approximate surface area is 129 Å². The van der Waals surface area contributed by atoms with Gasteiger partial charge >= 0.3 is 5.97 Å². The minimum absolute atomic E-state index is 0.0953. The maximum Gasteiger partial charge on any atom is 0.315 e. The van der Waals surface area contributed by atoms with E-state index in [4.69, 9.17) is 4.74 Å². The summed E-state index contributed by atoms with van der Waals surface area (Å²) in [7, 11) is 0. The molecule has 22 heavy (non-hydrogen) atoms. The van der Waals surface area contributed by atoms with Gasteiger partial charge in [0.25, 0.3) is 0 Å². The van der Waals surface area contributed by atoms with Crippen molar-refractivity contribution in [3.63, 3.8) is 0 Å². The Balaban J connectivity index is 2.03. The number of ether oxygens (including phenoxy) is 1. The van der Waals surface area contributed by atoms with Crippen LogP contribution in [0.3, 0.4) is 0 Å². The molecule has 2 aromatic rings. The SMILES string of the molecule is CC[C@@H]1C(=O)OC(c2ccccc2)=C[C@H]1c1ccc(F)cc1. The molecule has 2 aromatic carbocycles. The monoisotopic (exact) mass is 296 g/mol. The fraction of sp³-hybridized carbons (Fsp3) is 0.211. The summed E-state index contributed by atoms with van der Waals surface area (Å²) in [6.07, 6.45) is 2.65. The van der Waals surface area contributed by atoms with Gasteiger partial charge in [0.15, 0.2) is 0 Å². The summed E-state index contributed by atoms with van der Waals surface area (Å²) < 4.78 is 18.6. The van der Waals surface area contributed by atoms with Gasteiger partial charge in [-0.1, -0.05) is 49.4 Å². The fourth-order valence-electron chi connectivity index (χ4n) is 2.84. The van der Waals surface area contributed by atoms with Crippen LogP contribution >= 0.6 is 0 Å². The molecule has 0 bridgehead atoms. The van der Waals surface area contributed by atoms with Crippen LogP contribution in [-0.4, -0.2) is 5.97 Å². The van der Waals surface area contributed by atoms with Gasteiger partial charge in [-0.15, -0.1) is 0 Å². The number of benzene rings is 2. The van der Waals surface area contributed by atoms with Crippen molar-refractivity contribution in [1.29, 1.82) is 0 Å². The maximum absolute atomic E-state index is 13.1. The Hall–Kier alpha value is -2.42. The lowest BCUT2D eigenvalue weighted by Gasteiger charge is -2.28. The van der Waals surface area contributed by atoms with Crippen LogP contribution < -0.4 is 0 Å². The summed E-state index contributed by atoms with van der Waals surface area (Å²) >= 11 is 0. The van der Waals surface area contributed by atoms with E-state index in [0.29, 0.717) is 12.2 Å². The molecule has 1 aliphatic rings. The van der Waals surface area contributed by atoms with Crippen molar-refractivity contribution < 1.29 is 13.9 Å². The third kappa shape index (κ3) is 2.80. The molecule has 0 unspecified atom stereocenters. The van der Waals surface area contributed by atoms with E-state index in [0.717, 1.165) is 11.1 Å². The van der Waals surface area contributed by atoms with Crippen LogP contribution in [0.2, 0.25) is 0 Å². The van der Waals surface area contributed by atoms with E-state index in [1.54, 1.807) is 12.1 Å². The Morgan fingerprint density at radius 3 is 2.36 bits per heavy atom. The van der Waals surface area contributed by atoms with Crippen LogP contribution in [0.1, 0.15) is 30.4 Å². The standard InChI is InChI=1S/C19H17FO2/c1-2-16-17(13-8-10-15(20)11-9-13)12-18(22-19(16)21)14-6-4-3-5-7-14/h3-12,16-17H,2H2,1H3/t16-,17-/m0/s1. The highest BCUT2D eigenvalue weighted by Crippen LogP contribution is 2.37. The Bertz CT molecular complexity index is 689. The highest BCUT2D eigenvalue weighted by atomic mass is 19.1. The van der Waals surface area contributed by atoms with Gasteiger partial charge in [-0.05, 0) is 30.2 Å². The summed E-state index contributed by atoms with van der Waals surface area (Å²) in [5.74, 6) is -0.259. The number of hydrogen-bond acceptors (Lipinski definition) is 2. The Morgan fingerprint density at radius 1 is 1.05 bits per heavy atom. The van der Waals surface area contributed by atoms with Gasteiger partial charge < -0.3 is 4.74 Å². The van der Waals surface area contributed by atoms with E-state index in [1.807, 2.05) is 43.3 Å². The van der Waals surface area contributed by atoms with Crippen LogP contribution in [0.25, 0.3) is 5.76 Å². The van der Waals surface area contributed by atoms with E-state index in [9.17, 15) is 9.18 Å². The maximum atomic E-state index is 13.1. The van der Waals surface area contributed by atoms with Crippen molar-refractivity contribution in [3.05, 3.63) is 77.6 Å². The largest absolute Gasteiger partial charge is 0.426 e. The van der Waals surface area contributed by atoms with E-state index in [1.165, 1.54) is 12.1 Å². The molecule has 1 aliphatic heterocycles. The highest BCUT2D eigenvalue weighted by molar-refractivity contribution is 5.84. The molecule has 2 nitrogen and oxygen atoms in total. The zero-order valence-corrected chi connectivity index (χ0v) is 12.3. The third-order valence-corrected chi connectivity index (χ3v) is 4.03. The molecule has 3 heteroatoms. The smallest absolute Gasteiger partial charge is 0.315 e. The van der Waals surface area contributed by atoms with Crippen molar-refractivity contribution in [1.82, 2.24) is 0 Å². The highest BCUT2D eigenvalue weighted by Gasteiger charge is 2.33. The molecule has 0 saturated carbocycles. The average Bonchev–Trinajstić information content (AvgIpc) is 2.55. The van der Waals surface area contributed by atoms with E-state index in [2.05, 4.69) is 0 Å². The molecular weight excluding hydrogens is 279 g/mol. The third-order valence-electron chi connectivity index (χ3n) is 4.03. The van der Waals surface area contributed by atoms with Gasteiger partial charge in [-0.2, -0.15) is 0 Å². The molecule has 0 amide bonds. The predicted octanol–water partition coefficient (Wildman–Crippen LogP) is 4.53. The first-order valence-electron chi connectivity index (χ1n) is 7.43. The molecule has 0 aliphatic carbocycles. The number of hydrogen-bond donors (Lipinski definition) is 0. The van der Waals surface area contributed by atoms with Gasteiger partial charge in [0.2, 0.25) is 0 Å². The molecule has 0 aromatic heterocycles. The number of cyclic esters (lactones) is 1. The Kier molecular flexibility index (Phi) is 4.05. The summed E-state index contributed by atoms with van der Waals surface area (Å²) in [5.41, 5.74) is 1.80. The molecule has 3 rings (SSSR count). The predicted molar refractivity (Wildman–Crippen MR) is 83.4 cm³/mol. The molecule has 1 heterocycles. The molecule has 112 valence electrons. The van der Waals surface area contributed by atoms with Crippen LogP contribution in [0.5, 0.6) is 0 Å². The number of rotatable bonds is 3. The second-order valence-corrected chi connectivity index (χ2v) is 5.41. The topological polar surface area (TPSA) is 26.3 Å². The molecule has 0 N–H and O–H groups in total. The number of carbonyl (C=O) groups is 1. The van der Waals surface area contributed by atoms with Gasteiger partial charge in [0, 0.05) is 11.5 Å². The van der Waals surface area contributed by atoms with Crippen LogP contribution in [0.15, 0.2) is 60.7 Å². The van der Waals surface area contributed by atoms with E-state index < -0.39 is 0 Å². The zero-order chi connectivity index (χ0) is 15.5. The first kappa shape index (κ1) is 14.5. The molecule has 0 radical (unpaired) electrons. The zero-order valence-electron chi connectivity index (χ0n) is 12.3. The van der Waals surface area contributed by atoms with Crippen molar-refractivity contribution in [2.75, 3.05) is 0 Å². The molecule has 0 saturated heterocycles. The van der Waals surface area contributed by atoms with E-state index in [-0.39, 0.29) is 23.6 Å². The molecule has 0 fully saturated rings. The lowest BCUT2D eigenvalue weighted by Crippen LogP contribution is -2.27. The van der Waals surface area contributed by atoms with E-state index >= 15 is 0 Å². The van der Waals surface area contributed by atoms with Gasteiger partial charge in [0.1, 0.15) is 11.6 Å². The number of halogens is 1. The number of allylic oxidation sites excluding steroid dienone is 1. The first-order chi connectivity index (χ1) is 10.7. The van der Waals surface area contributed by atoms with Gasteiger partial charge in [-0.3, -0.25) is 4.79 Å². The first-order valence-corrected chi connectivity index (χ1v) is 7.43. The molecule has 2 atom stereocenters. The number of esters is 1. The van der Waals surface area contributed by atoms with Crippen LogP contribution in [0.4, 0.5) is 4.39 Å². The second kappa shape index (κ2) is 6.14. The lowest BCUT2D eigenvalue weighted by atomic mass is 9.82. The molecule has 0 spiro atoms. The minimum atomic E-state index is -0.276. The number of carbonyl (C=O) groups excluding carboxylic acids is 1. The minimum Gasteiger partial charge on any atom is -0.426 e. The Morgan fingerprint density at radius 2 is 1.73 bits per heavy atom. The van der Waals surface area contributed by atoms with Crippen LogP contribution in [0, 0.1) is 11.7 Å². The lowest BCUT2D eigenvalue weighted by molar-refractivity contribution is -0.142. The summed E-state index contributed by atoms with van der Waals surface area (Å²) in [6.45, 7) is 1.96. The van der Waals surface area contributed by atoms with Gasteiger partial charge in [0.05, 0.1) is 5.92 Å². The van der Waals surface area contributed by atoms with Crippen molar-refractivity contribution in [3.8, 4) is 0 Å². The van der Waals surface area contributed by atoms with Crippen molar-refractivity contribution >= 4 is 11.7 Å². The summed E-state index contributed by atoms with van der Waals surface area (Å²) in [6, 6.07) is 15.9. The van der Waals surface area contributed by atoms with Crippen LogP contribution in [-0.2, 0) is 9.53 Å².